The molecule has 0 spiro atoms. The monoisotopic (exact) mass is 335 g/mol. The zero-order valence-corrected chi connectivity index (χ0v) is 14.7. The van der Waals surface area contributed by atoms with Gasteiger partial charge in [-0.25, -0.2) is 4.79 Å². The highest BCUT2D eigenvalue weighted by Gasteiger charge is 2.21. The van der Waals surface area contributed by atoms with Crippen LogP contribution in [-0.2, 0) is 0 Å². The number of benzene rings is 1. The van der Waals surface area contributed by atoms with Crippen molar-refractivity contribution in [2.24, 2.45) is 0 Å². The molecular weight excluding hydrogens is 306 g/mol. The highest BCUT2D eigenvalue weighted by atomic mass is 16.5. The van der Waals surface area contributed by atoms with Crippen LogP contribution in [0.2, 0.25) is 0 Å². The number of aliphatic hydroxyl groups excluding tert-OH is 1. The van der Waals surface area contributed by atoms with E-state index in [0.717, 1.165) is 30.8 Å². The van der Waals surface area contributed by atoms with Crippen LogP contribution in [0.5, 0.6) is 5.75 Å². The Kier molecular flexibility index (Phi) is 7.34. The summed E-state index contributed by atoms with van der Waals surface area (Å²) < 4.78 is 5.58. The second-order valence-corrected chi connectivity index (χ2v) is 6.14. The SMILES string of the molecule is CCCOc1ccc([C@@H](C)NC(=O)N2CCN(CCO)CC2)cc1. The molecule has 0 saturated carbocycles. The van der Waals surface area contributed by atoms with Gasteiger partial charge in [-0.15, -0.1) is 0 Å². The van der Waals surface area contributed by atoms with Gasteiger partial charge in [-0.05, 0) is 31.0 Å². The molecule has 2 N–H and O–H groups in total. The molecule has 1 aliphatic heterocycles. The van der Waals surface area contributed by atoms with Crippen LogP contribution in [0.1, 0.15) is 31.9 Å². The van der Waals surface area contributed by atoms with Gasteiger partial charge in [-0.1, -0.05) is 19.1 Å². The lowest BCUT2D eigenvalue weighted by atomic mass is 10.1. The molecule has 1 fully saturated rings. The van der Waals surface area contributed by atoms with Gasteiger partial charge < -0.3 is 20.1 Å². The Labute approximate surface area is 144 Å². The average Bonchev–Trinajstić information content (AvgIpc) is 2.61. The van der Waals surface area contributed by atoms with Gasteiger partial charge in [0.15, 0.2) is 0 Å². The summed E-state index contributed by atoms with van der Waals surface area (Å²) in [5.41, 5.74) is 1.06. The van der Waals surface area contributed by atoms with Crippen molar-refractivity contribution in [3.8, 4) is 5.75 Å². The first kappa shape index (κ1) is 18.5. The number of aliphatic hydroxyl groups is 1. The second kappa shape index (κ2) is 9.49. The Hall–Kier alpha value is -1.79. The van der Waals surface area contributed by atoms with E-state index >= 15 is 0 Å². The maximum absolute atomic E-state index is 12.4. The molecule has 0 aliphatic carbocycles. The van der Waals surface area contributed by atoms with E-state index in [2.05, 4.69) is 17.1 Å². The summed E-state index contributed by atoms with van der Waals surface area (Å²) in [5.74, 6) is 0.860. The number of carbonyl (C=O) groups is 1. The highest BCUT2D eigenvalue weighted by molar-refractivity contribution is 5.74. The van der Waals surface area contributed by atoms with Crippen molar-refractivity contribution in [2.45, 2.75) is 26.3 Å². The fourth-order valence-electron chi connectivity index (χ4n) is 2.75. The maximum atomic E-state index is 12.4. The van der Waals surface area contributed by atoms with E-state index in [1.165, 1.54) is 0 Å². The number of nitrogens with one attached hydrogen (secondary N) is 1. The van der Waals surface area contributed by atoms with Gasteiger partial charge in [-0.2, -0.15) is 0 Å². The van der Waals surface area contributed by atoms with Gasteiger partial charge in [-0.3, -0.25) is 4.90 Å². The van der Waals surface area contributed by atoms with Crippen molar-refractivity contribution in [1.82, 2.24) is 15.1 Å². The predicted octanol–water partition coefficient (Wildman–Crippen LogP) is 1.86. The number of carbonyl (C=O) groups excluding carboxylic acids is 1. The standard InChI is InChI=1S/C18H29N3O3/c1-3-14-24-17-6-4-16(5-7-17)15(2)19-18(23)21-10-8-20(9-11-21)12-13-22/h4-7,15,22H,3,8-14H2,1-2H3,(H,19,23)/t15-/m1/s1. The molecule has 0 aromatic heterocycles. The molecule has 0 unspecified atom stereocenters. The molecule has 0 bridgehead atoms. The fraction of sp³-hybridized carbons (Fsp3) is 0.611. The number of β-amino-alcohol motifs (C(OH)–C–C–N with tert-alkyl or cyclic N) is 1. The third-order valence-electron chi connectivity index (χ3n) is 4.27. The second-order valence-electron chi connectivity index (χ2n) is 6.14. The Bertz CT molecular complexity index is 499. The number of amides is 2. The maximum Gasteiger partial charge on any atom is 0.317 e. The van der Waals surface area contributed by atoms with Gasteiger partial charge >= 0.3 is 6.03 Å². The van der Waals surface area contributed by atoms with E-state index in [0.29, 0.717) is 26.2 Å². The van der Waals surface area contributed by atoms with Crippen molar-refractivity contribution in [2.75, 3.05) is 45.9 Å². The predicted molar refractivity (Wildman–Crippen MR) is 94.3 cm³/mol. The van der Waals surface area contributed by atoms with Gasteiger partial charge in [0, 0.05) is 32.7 Å². The molecule has 1 atom stereocenters. The number of ether oxygens (including phenoxy) is 1. The summed E-state index contributed by atoms with van der Waals surface area (Å²) in [5, 5.41) is 12.0. The van der Waals surface area contributed by atoms with Crippen molar-refractivity contribution < 1.29 is 14.6 Å². The third-order valence-corrected chi connectivity index (χ3v) is 4.27. The van der Waals surface area contributed by atoms with Crippen LogP contribution in [0.3, 0.4) is 0 Å². The lowest BCUT2D eigenvalue weighted by Crippen LogP contribution is -2.52. The molecule has 1 aromatic carbocycles. The minimum atomic E-state index is -0.0480. The lowest BCUT2D eigenvalue weighted by Gasteiger charge is -2.35. The number of piperazine rings is 1. The molecule has 1 aliphatic rings. The summed E-state index contributed by atoms with van der Waals surface area (Å²) in [4.78, 5) is 16.4. The van der Waals surface area contributed by atoms with Crippen LogP contribution >= 0.6 is 0 Å². The molecule has 2 amide bonds. The zero-order chi connectivity index (χ0) is 17.4. The fourth-order valence-corrected chi connectivity index (χ4v) is 2.75. The van der Waals surface area contributed by atoms with E-state index in [4.69, 9.17) is 9.84 Å². The smallest absolute Gasteiger partial charge is 0.317 e. The molecule has 2 rings (SSSR count). The first-order valence-corrected chi connectivity index (χ1v) is 8.75. The summed E-state index contributed by atoms with van der Waals surface area (Å²) in [6.45, 7) is 8.65. The summed E-state index contributed by atoms with van der Waals surface area (Å²) in [6, 6.07) is 7.80. The number of urea groups is 1. The van der Waals surface area contributed by atoms with Gasteiger partial charge in [0.05, 0.1) is 19.3 Å². The summed E-state index contributed by atoms with van der Waals surface area (Å²) in [6.07, 6.45) is 0.986. The van der Waals surface area contributed by atoms with E-state index in [1.807, 2.05) is 36.1 Å². The summed E-state index contributed by atoms with van der Waals surface area (Å²) >= 11 is 0. The largest absolute Gasteiger partial charge is 0.494 e. The molecule has 1 saturated heterocycles. The third kappa shape index (κ3) is 5.39. The average molecular weight is 335 g/mol. The quantitative estimate of drug-likeness (QED) is 0.798. The van der Waals surface area contributed by atoms with Crippen LogP contribution in [0.15, 0.2) is 24.3 Å². The van der Waals surface area contributed by atoms with Crippen LogP contribution < -0.4 is 10.1 Å². The first-order valence-electron chi connectivity index (χ1n) is 8.75. The van der Waals surface area contributed by atoms with Gasteiger partial charge in [0.1, 0.15) is 5.75 Å². The van der Waals surface area contributed by atoms with Gasteiger partial charge in [0.25, 0.3) is 0 Å². The Morgan fingerprint density at radius 3 is 2.50 bits per heavy atom. The van der Waals surface area contributed by atoms with Gasteiger partial charge in [0.2, 0.25) is 0 Å². The van der Waals surface area contributed by atoms with Crippen LogP contribution in [0.25, 0.3) is 0 Å². The summed E-state index contributed by atoms with van der Waals surface area (Å²) in [7, 11) is 0. The first-order chi connectivity index (χ1) is 11.6. The number of rotatable bonds is 7. The molecular formula is C18H29N3O3. The molecule has 0 radical (unpaired) electrons. The Balaban J connectivity index is 1.81. The normalized spacial score (nSPS) is 16.7. The number of hydrogen-bond acceptors (Lipinski definition) is 4. The van der Waals surface area contributed by atoms with E-state index < -0.39 is 0 Å². The Morgan fingerprint density at radius 1 is 1.25 bits per heavy atom. The van der Waals surface area contributed by atoms with Crippen molar-refractivity contribution in [1.29, 1.82) is 0 Å². The van der Waals surface area contributed by atoms with E-state index in [9.17, 15) is 4.79 Å². The Morgan fingerprint density at radius 2 is 1.92 bits per heavy atom. The zero-order valence-electron chi connectivity index (χ0n) is 14.7. The topological polar surface area (TPSA) is 65.0 Å². The van der Waals surface area contributed by atoms with E-state index in [1.54, 1.807) is 0 Å². The number of hydrogen-bond donors (Lipinski definition) is 2. The minimum absolute atomic E-state index is 0.0301. The number of nitrogens with zero attached hydrogens (tertiary/aromatic N) is 2. The lowest BCUT2D eigenvalue weighted by molar-refractivity contribution is 0.121. The van der Waals surface area contributed by atoms with Crippen molar-refractivity contribution in [3.63, 3.8) is 0 Å². The minimum Gasteiger partial charge on any atom is -0.494 e. The molecule has 6 heteroatoms. The van der Waals surface area contributed by atoms with Crippen molar-refractivity contribution >= 4 is 6.03 Å². The molecule has 6 nitrogen and oxygen atoms in total. The van der Waals surface area contributed by atoms with Crippen molar-refractivity contribution in [3.05, 3.63) is 29.8 Å². The highest BCUT2D eigenvalue weighted by Crippen LogP contribution is 2.18. The van der Waals surface area contributed by atoms with Crippen LogP contribution in [0, 0.1) is 0 Å². The van der Waals surface area contributed by atoms with Crippen LogP contribution in [-0.4, -0.2) is 66.9 Å². The molecule has 1 heterocycles. The molecule has 24 heavy (non-hydrogen) atoms. The molecule has 134 valence electrons. The molecule has 1 aromatic rings. The van der Waals surface area contributed by atoms with Crippen LogP contribution in [0.4, 0.5) is 4.79 Å². The van der Waals surface area contributed by atoms with E-state index in [-0.39, 0.29) is 18.7 Å².